The summed E-state index contributed by atoms with van der Waals surface area (Å²) >= 11 is -1.08. The van der Waals surface area contributed by atoms with Crippen molar-refractivity contribution in [1.82, 2.24) is 0 Å². The second-order valence-corrected chi connectivity index (χ2v) is 11.8. The van der Waals surface area contributed by atoms with Crippen molar-refractivity contribution in [3.05, 3.63) is 0 Å². The molecule has 0 heterocycles. The normalized spacial score (nSPS) is 10.4. The summed E-state index contributed by atoms with van der Waals surface area (Å²) in [6.07, 6.45) is 2.66. The Hall–Kier alpha value is 0.908. The molecule has 0 aliphatic carbocycles. The summed E-state index contributed by atoms with van der Waals surface area (Å²) in [5, 5.41) is 0. The maximum atomic E-state index is 5.33. The van der Waals surface area contributed by atoms with Crippen LogP contribution in [0.3, 0.4) is 0 Å². The Morgan fingerprint density at radius 3 is 1.75 bits per heavy atom. The van der Waals surface area contributed by atoms with E-state index >= 15 is 0 Å². The molecule has 2 heteroatoms. The molecular formula is C6H14SW. The van der Waals surface area contributed by atoms with Gasteiger partial charge in [0, 0.05) is 0 Å². The average Bonchev–Trinajstić information content (AvgIpc) is 1.68. The van der Waals surface area contributed by atoms with Gasteiger partial charge in [-0.1, -0.05) is 0 Å². The van der Waals surface area contributed by atoms with Crippen molar-refractivity contribution in [1.29, 1.82) is 0 Å². The van der Waals surface area contributed by atoms with Crippen molar-refractivity contribution in [3.8, 4) is 0 Å². The van der Waals surface area contributed by atoms with Gasteiger partial charge in [-0.05, 0) is 0 Å². The van der Waals surface area contributed by atoms with Crippen molar-refractivity contribution in [3.63, 3.8) is 0 Å². The average molecular weight is 302 g/mol. The third-order valence-corrected chi connectivity index (χ3v) is 9.80. The molecule has 8 heavy (non-hydrogen) atoms. The van der Waals surface area contributed by atoms with E-state index in [4.69, 9.17) is 9.82 Å². The van der Waals surface area contributed by atoms with E-state index in [1.807, 2.05) is 0 Å². The first kappa shape index (κ1) is 8.91. The second-order valence-electron chi connectivity index (χ2n) is 1.85. The van der Waals surface area contributed by atoms with Crippen molar-refractivity contribution >= 4 is 9.82 Å². The molecule has 0 aliphatic rings. The molecule has 0 atom stereocenters. The standard InChI is InChI=1S/2C3H7.S.W/c2*1-3-2;;/h2*1,3H2,2H3;;. The molecule has 0 aromatic carbocycles. The van der Waals surface area contributed by atoms with Crippen molar-refractivity contribution in [2.24, 2.45) is 0 Å². The van der Waals surface area contributed by atoms with Crippen LogP contribution in [0.25, 0.3) is 0 Å². The van der Waals surface area contributed by atoms with Gasteiger partial charge >= 0.3 is 61.6 Å². The quantitative estimate of drug-likeness (QED) is 0.767. The van der Waals surface area contributed by atoms with Crippen LogP contribution in [-0.4, -0.2) is 0 Å². The molecule has 0 N–H and O–H groups in total. The molecule has 0 bridgehead atoms. The van der Waals surface area contributed by atoms with E-state index in [0.29, 0.717) is 0 Å². The Balaban J connectivity index is 3.06. The number of rotatable bonds is 4. The SMILES string of the molecule is CC[CH2][W](=[S])[CH2]CC. The fraction of sp³-hybridized carbons (Fsp3) is 1.00. The minimum atomic E-state index is -1.08. The molecule has 0 aliphatic heterocycles. The zero-order chi connectivity index (χ0) is 6.41. The van der Waals surface area contributed by atoms with E-state index in [1.165, 1.54) is 22.5 Å². The van der Waals surface area contributed by atoms with Crippen LogP contribution >= 0.6 is 9.82 Å². The minimum absolute atomic E-state index is 1.08. The van der Waals surface area contributed by atoms with Gasteiger partial charge in [0.2, 0.25) is 0 Å². The second kappa shape index (κ2) is 6.03. The van der Waals surface area contributed by atoms with Gasteiger partial charge < -0.3 is 0 Å². The van der Waals surface area contributed by atoms with Crippen LogP contribution in [0.4, 0.5) is 0 Å². The molecular weight excluding hydrogens is 288 g/mol. The van der Waals surface area contributed by atoms with Crippen molar-refractivity contribution < 1.29 is 15.5 Å². The monoisotopic (exact) mass is 302 g/mol. The van der Waals surface area contributed by atoms with Gasteiger partial charge in [-0.2, -0.15) is 0 Å². The van der Waals surface area contributed by atoms with Crippen LogP contribution in [0.15, 0.2) is 0 Å². The Morgan fingerprint density at radius 2 is 1.50 bits per heavy atom. The van der Waals surface area contributed by atoms with Crippen LogP contribution in [0, 0.1) is 0 Å². The summed E-state index contributed by atoms with van der Waals surface area (Å²) in [6, 6.07) is 0. The molecule has 50 valence electrons. The number of hydrogen-bond donors (Lipinski definition) is 0. The molecule has 0 aromatic rings. The summed E-state index contributed by atoms with van der Waals surface area (Å²) in [5.74, 6) is 0. The first-order valence-corrected chi connectivity index (χ1v) is 11.2. The van der Waals surface area contributed by atoms with E-state index in [1.54, 1.807) is 0 Å². The third-order valence-electron chi connectivity index (χ3n) is 0.864. The van der Waals surface area contributed by atoms with E-state index in [9.17, 15) is 0 Å². The zero-order valence-electron chi connectivity index (χ0n) is 5.64. The molecule has 0 nitrogen and oxygen atoms in total. The molecule has 0 saturated carbocycles. The maximum absolute atomic E-state index is 5.33. The molecule has 0 unspecified atom stereocenters. The molecule has 0 amide bonds. The molecule has 0 aromatic heterocycles. The fourth-order valence-corrected chi connectivity index (χ4v) is 7.29. The topological polar surface area (TPSA) is 0 Å². The van der Waals surface area contributed by atoms with E-state index in [0.717, 1.165) is 0 Å². The third kappa shape index (κ3) is 5.05. The van der Waals surface area contributed by atoms with Crippen LogP contribution in [-0.2, 0) is 15.5 Å². The Kier molecular flexibility index (Phi) is 6.72. The Labute approximate surface area is 61.7 Å². The summed E-state index contributed by atoms with van der Waals surface area (Å²) in [7, 11) is 5.33. The van der Waals surface area contributed by atoms with Crippen LogP contribution < -0.4 is 0 Å². The first-order valence-electron chi connectivity index (χ1n) is 3.16. The van der Waals surface area contributed by atoms with E-state index in [2.05, 4.69) is 13.8 Å². The van der Waals surface area contributed by atoms with Gasteiger partial charge in [0.15, 0.2) is 0 Å². The zero-order valence-corrected chi connectivity index (χ0v) is 9.39. The molecule has 0 rings (SSSR count). The molecule has 0 spiro atoms. The van der Waals surface area contributed by atoms with Crippen LogP contribution in [0.1, 0.15) is 26.7 Å². The first-order chi connectivity index (χ1) is 3.81. The van der Waals surface area contributed by atoms with Gasteiger partial charge in [0.05, 0.1) is 0 Å². The summed E-state index contributed by atoms with van der Waals surface area (Å²) in [4.78, 5) is 2.84. The predicted octanol–water partition coefficient (Wildman–Crippen LogP) is 3.37. The van der Waals surface area contributed by atoms with Crippen LogP contribution in [0.5, 0.6) is 0 Å². The van der Waals surface area contributed by atoms with Crippen LogP contribution in [0.2, 0.25) is 9.62 Å². The molecule has 0 fully saturated rings. The van der Waals surface area contributed by atoms with Crippen molar-refractivity contribution in [2.75, 3.05) is 0 Å². The van der Waals surface area contributed by atoms with Gasteiger partial charge in [-0.15, -0.1) is 0 Å². The molecule has 0 radical (unpaired) electrons. The van der Waals surface area contributed by atoms with Gasteiger partial charge in [-0.3, -0.25) is 0 Å². The molecule has 0 saturated heterocycles. The summed E-state index contributed by atoms with van der Waals surface area (Å²) < 4.78 is 0. The van der Waals surface area contributed by atoms with Crippen molar-refractivity contribution in [2.45, 2.75) is 36.3 Å². The Bertz CT molecular complexity index is 62.9. The summed E-state index contributed by atoms with van der Waals surface area (Å²) in [5.41, 5.74) is 0. The van der Waals surface area contributed by atoms with Gasteiger partial charge in [0.25, 0.3) is 0 Å². The Morgan fingerprint density at radius 1 is 1.12 bits per heavy atom. The van der Waals surface area contributed by atoms with Gasteiger partial charge in [0.1, 0.15) is 0 Å². The van der Waals surface area contributed by atoms with Gasteiger partial charge in [-0.25, -0.2) is 0 Å². The predicted molar refractivity (Wildman–Crippen MR) is 37.8 cm³/mol. The summed E-state index contributed by atoms with van der Waals surface area (Å²) in [6.45, 7) is 4.48. The fourth-order valence-electron chi connectivity index (χ4n) is 0.557. The number of hydrogen-bond acceptors (Lipinski definition) is 1. The van der Waals surface area contributed by atoms with E-state index in [-0.39, 0.29) is 0 Å². The van der Waals surface area contributed by atoms with E-state index < -0.39 is 15.5 Å².